The Hall–Kier alpha value is -1.07. The fraction of sp³-hybridized carbons (Fsp3) is 0. The molecule has 0 heterocycles. The summed E-state index contributed by atoms with van der Waals surface area (Å²) in [6.07, 6.45) is 0. The topological polar surface area (TPSA) is 43.1 Å². The van der Waals surface area contributed by atoms with Crippen LogP contribution in [0.25, 0.3) is 0 Å². The largest absolute Gasteiger partial charge is 0.398 e. The van der Waals surface area contributed by atoms with Gasteiger partial charge in [-0.3, -0.25) is 4.79 Å². The minimum Gasteiger partial charge on any atom is -0.398 e. The number of hydrogen-bond acceptors (Lipinski definition) is 2. The van der Waals surface area contributed by atoms with Crippen molar-refractivity contribution in [3.8, 4) is 0 Å². The van der Waals surface area contributed by atoms with Crippen LogP contribution in [-0.2, 0) is 0 Å². The third-order valence-electron chi connectivity index (χ3n) is 2.38. The van der Waals surface area contributed by atoms with Crippen LogP contribution in [0.5, 0.6) is 0 Å². The smallest absolute Gasteiger partial charge is 0.196 e. The van der Waals surface area contributed by atoms with Crippen LogP contribution in [0.1, 0.15) is 15.9 Å². The summed E-state index contributed by atoms with van der Waals surface area (Å²) in [5, 5.41) is 0.508. The molecule has 0 saturated heterocycles. The summed E-state index contributed by atoms with van der Waals surface area (Å²) in [7, 11) is 0. The molecule has 17 heavy (non-hydrogen) atoms. The minimum absolute atomic E-state index is 0.102. The summed E-state index contributed by atoms with van der Waals surface area (Å²) < 4.78 is 0.898. The van der Waals surface area contributed by atoms with Crippen molar-refractivity contribution in [1.29, 1.82) is 0 Å². The second-order valence-corrected chi connectivity index (χ2v) is 5.14. The van der Waals surface area contributed by atoms with E-state index in [1.807, 2.05) is 18.2 Å². The molecule has 0 aliphatic rings. The average molecular weight is 358 g/mol. The van der Waals surface area contributed by atoms with Crippen molar-refractivity contribution in [2.75, 3.05) is 5.73 Å². The van der Waals surface area contributed by atoms with Gasteiger partial charge in [0.05, 0.1) is 0 Å². The van der Waals surface area contributed by atoms with E-state index >= 15 is 0 Å². The number of rotatable bonds is 2. The van der Waals surface area contributed by atoms with Crippen molar-refractivity contribution >= 4 is 45.7 Å². The lowest BCUT2D eigenvalue weighted by Gasteiger charge is -2.07. The lowest BCUT2D eigenvalue weighted by atomic mass is 10.0. The van der Waals surface area contributed by atoms with Gasteiger partial charge in [-0.15, -0.1) is 0 Å². The Morgan fingerprint density at radius 3 is 2.53 bits per heavy atom. The zero-order valence-corrected chi connectivity index (χ0v) is 11.7. The molecule has 0 radical (unpaired) electrons. The van der Waals surface area contributed by atoms with E-state index in [9.17, 15) is 4.79 Å². The maximum Gasteiger partial charge on any atom is 0.196 e. The van der Waals surface area contributed by atoms with Crippen molar-refractivity contribution in [3.05, 3.63) is 62.2 Å². The third-order valence-corrected chi connectivity index (χ3v) is 3.55. The van der Waals surface area contributed by atoms with Crippen molar-refractivity contribution in [3.63, 3.8) is 0 Å². The molecule has 0 amide bonds. The highest BCUT2D eigenvalue weighted by molar-refractivity contribution is 14.1. The SMILES string of the molecule is Nc1ccc(Cl)cc1C(=O)c1ccccc1I. The van der Waals surface area contributed by atoms with Gasteiger partial charge in [-0.1, -0.05) is 23.7 Å². The molecule has 0 aliphatic carbocycles. The minimum atomic E-state index is -0.102. The Labute approximate surface area is 118 Å². The van der Waals surface area contributed by atoms with Crippen molar-refractivity contribution in [2.45, 2.75) is 0 Å². The average Bonchev–Trinajstić information content (AvgIpc) is 2.32. The fourth-order valence-electron chi connectivity index (χ4n) is 1.52. The predicted molar refractivity (Wildman–Crippen MR) is 78.5 cm³/mol. The summed E-state index contributed by atoms with van der Waals surface area (Å²) in [4.78, 5) is 12.3. The maximum atomic E-state index is 12.3. The predicted octanol–water partition coefficient (Wildman–Crippen LogP) is 3.76. The van der Waals surface area contributed by atoms with Gasteiger partial charge >= 0.3 is 0 Å². The molecule has 0 atom stereocenters. The molecule has 2 nitrogen and oxygen atoms in total. The first-order chi connectivity index (χ1) is 8.09. The quantitative estimate of drug-likeness (QED) is 0.505. The molecule has 0 fully saturated rings. The van der Waals surface area contributed by atoms with E-state index in [4.69, 9.17) is 17.3 Å². The van der Waals surface area contributed by atoms with E-state index in [1.54, 1.807) is 24.3 Å². The number of benzene rings is 2. The van der Waals surface area contributed by atoms with E-state index < -0.39 is 0 Å². The van der Waals surface area contributed by atoms with Crippen LogP contribution in [0.3, 0.4) is 0 Å². The Morgan fingerprint density at radius 1 is 1.12 bits per heavy atom. The van der Waals surface area contributed by atoms with E-state index in [0.717, 1.165) is 3.57 Å². The zero-order valence-electron chi connectivity index (χ0n) is 8.78. The Morgan fingerprint density at radius 2 is 1.82 bits per heavy atom. The number of anilines is 1. The van der Waals surface area contributed by atoms with Gasteiger partial charge in [-0.25, -0.2) is 0 Å². The first-order valence-electron chi connectivity index (χ1n) is 4.94. The van der Waals surface area contributed by atoms with Crippen LogP contribution >= 0.6 is 34.2 Å². The highest BCUT2D eigenvalue weighted by atomic mass is 127. The molecular weight excluding hydrogens is 349 g/mol. The van der Waals surface area contributed by atoms with Gasteiger partial charge in [-0.2, -0.15) is 0 Å². The third kappa shape index (κ3) is 2.61. The Bertz CT molecular complexity index is 583. The first kappa shape index (κ1) is 12.4. The van der Waals surface area contributed by atoms with Crippen LogP contribution in [0.2, 0.25) is 5.02 Å². The molecule has 0 saturated carbocycles. The molecule has 2 rings (SSSR count). The lowest BCUT2D eigenvalue weighted by Crippen LogP contribution is -2.06. The summed E-state index contributed by atoms with van der Waals surface area (Å²) in [5.74, 6) is -0.102. The van der Waals surface area contributed by atoms with Crippen LogP contribution < -0.4 is 5.73 Å². The van der Waals surface area contributed by atoms with Gasteiger partial charge in [0.2, 0.25) is 0 Å². The maximum absolute atomic E-state index is 12.3. The first-order valence-corrected chi connectivity index (χ1v) is 6.39. The number of halogens is 2. The van der Waals surface area contributed by atoms with Crippen LogP contribution in [-0.4, -0.2) is 5.78 Å². The van der Waals surface area contributed by atoms with E-state index in [2.05, 4.69) is 22.6 Å². The highest BCUT2D eigenvalue weighted by Gasteiger charge is 2.14. The standard InChI is InChI=1S/C13H9ClINO/c14-8-5-6-12(16)10(7-8)13(17)9-3-1-2-4-11(9)15/h1-7H,16H2. The molecule has 2 N–H and O–H groups in total. The number of ketones is 1. The fourth-order valence-corrected chi connectivity index (χ4v) is 2.32. The number of nitrogen functional groups attached to an aromatic ring is 1. The van der Waals surface area contributed by atoms with E-state index in [-0.39, 0.29) is 5.78 Å². The molecule has 0 spiro atoms. The second kappa shape index (κ2) is 5.06. The van der Waals surface area contributed by atoms with Crippen LogP contribution in [0, 0.1) is 3.57 Å². The molecule has 0 aromatic heterocycles. The number of carbonyl (C=O) groups excluding carboxylic acids is 1. The van der Waals surface area contributed by atoms with Crippen molar-refractivity contribution < 1.29 is 4.79 Å². The molecule has 0 aliphatic heterocycles. The summed E-state index contributed by atoms with van der Waals surface area (Å²) in [6.45, 7) is 0. The number of hydrogen-bond donors (Lipinski definition) is 1. The zero-order chi connectivity index (χ0) is 12.4. The Kier molecular flexibility index (Phi) is 3.69. The van der Waals surface area contributed by atoms with Gasteiger partial charge in [0, 0.05) is 25.4 Å². The van der Waals surface area contributed by atoms with Crippen molar-refractivity contribution in [2.24, 2.45) is 0 Å². The molecule has 2 aromatic rings. The molecule has 86 valence electrons. The number of carbonyl (C=O) groups is 1. The number of nitrogens with two attached hydrogens (primary N) is 1. The summed E-state index contributed by atoms with van der Waals surface area (Å²) >= 11 is 8.01. The summed E-state index contributed by atoms with van der Waals surface area (Å²) in [6, 6.07) is 12.3. The monoisotopic (exact) mass is 357 g/mol. The molecule has 4 heteroatoms. The Balaban J connectivity index is 2.51. The highest BCUT2D eigenvalue weighted by Crippen LogP contribution is 2.23. The van der Waals surface area contributed by atoms with Gasteiger partial charge < -0.3 is 5.73 Å². The van der Waals surface area contributed by atoms with Crippen LogP contribution in [0.4, 0.5) is 5.69 Å². The lowest BCUT2D eigenvalue weighted by molar-refractivity contribution is 0.103. The van der Waals surface area contributed by atoms with Gasteiger partial charge in [0.25, 0.3) is 0 Å². The van der Waals surface area contributed by atoms with Gasteiger partial charge in [0.1, 0.15) is 0 Å². The molecule has 0 unspecified atom stereocenters. The van der Waals surface area contributed by atoms with E-state index in [1.165, 1.54) is 0 Å². The molecular formula is C13H9ClINO. The van der Waals surface area contributed by atoms with Gasteiger partial charge in [-0.05, 0) is 52.9 Å². The van der Waals surface area contributed by atoms with Gasteiger partial charge in [0.15, 0.2) is 5.78 Å². The summed E-state index contributed by atoms with van der Waals surface area (Å²) in [5.41, 5.74) is 7.33. The second-order valence-electron chi connectivity index (χ2n) is 3.54. The van der Waals surface area contributed by atoms with Crippen LogP contribution in [0.15, 0.2) is 42.5 Å². The van der Waals surface area contributed by atoms with Crippen molar-refractivity contribution in [1.82, 2.24) is 0 Å². The molecule has 0 bridgehead atoms. The van der Waals surface area contributed by atoms with E-state index in [0.29, 0.717) is 21.8 Å². The normalized spacial score (nSPS) is 10.2. The molecule has 2 aromatic carbocycles.